The molecule has 2 aromatic heterocycles. The third-order valence-electron chi connectivity index (χ3n) is 6.40. The number of nitrogens with two attached hydrogens (primary N) is 1. The van der Waals surface area contributed by atoms with E-state index in [9.17, 15) is 18.0 Å². The van der Waals surface area contributed by atoms with Crippen LogP contribution in [-0.4, -0.2) is 40.1 Å². The molecule has 0 saturated heterocycles. The van der Waals surface area contributed by atoms with Gasteiger partial charge in [-0.25, -0.2) is 4.79 Å². The average Bonchev–Trinajstić information content (AvgIpc) is 3.08. The van der Waals surface area contributed by atoms with Gasteiger partial charge in [0.25, 0.3) is 0 Å². The number of alkyl halides is 3. The minimum atomic E-state index is -5.01. The van der Waals surface area contributed by atoms with Gasteiger partial charge in [-0.15, -0.1) is 0 Å². The maximum absolute atomic E-state index is 12.5. The molecule has 0 bridgehead atoms. The second kappa shape index (κ2) is 8.65. The smallest absolute Gasteiger partial charge is 0.490 e. The highest BCUT2D eigenvalue weighted by atomic mass is 35.5. The lowest BCUT2D eigenvalue weighted by atomic mass is 9.74. The molecule has 2 heterocycles. The zero-order chi connectivity index (χ0) is 24.9. The first-order valence-corrected chi connectivity index (χ1v) is 11.0. The van der Waals surface area contributed by atoms with Crippen molar-refractivity contribution in [1.82, 2.24) is 14.8 Å². The molecule has 2 N–H and O–H groups in total. The van der Waals surface area contributed by atoms with E-state index in [2.05, 4.69) is 14.8 Å². The predicted octanol–water partition coefficient (Wildman–Crippen LogP) is 5.25. The fourth-order valence-corrected chi connectivity index (χ4v) is 4.86. The highest BCUT2D eigenvalue weighted by Gasteiger charge is 2.45. The van der Waals surface area contributed by atoms with Gasteiger partial charge in [-0.2, -0.15) is 18.3 Å². The minimum Gasteiger partial charge on any atom is -0.496 e. The number of hydrogen-bond acceptors (Lipinski definition) is 6. The summed E-state index contributed by atoms with van der Waals surface area (Å²) in [7, 11) is 1.54. The quantitative estimate of drug-likeness (QED) is 0.485. The highest BCUT2D eigenvalue weighted by Crippen LogP contribution is 2.49. The number of hydrogen-bond donors (Lipinski definition) is 1. The van der Waals surface area contributed by atoms with E-state index < -0.39 is 18.2 Å². The Labute approximate surface area is 199 Å². The molecule has 11 heteroatoms. The Kier molecular flexibility index (Phi) is 6.14. The number of rotatable bonds is 5. The zero-order valence-electron chi connectivity index (χ0n) is 19.0. The van der Waals surface area contributed by atoms with Crippen LogP contribution < -0.4 is 10.5 Å². The Morgan fingerprint density at radius 1 is 1.29 bits per heavy atom. The normalized spacial score (nSPS) is 19.1. The predicted molar refractivity (Wildman–Crippen MR) is 121 cm³/mol. The van der Waals surface area contributed by atoms with Gasteiger partial charge in [-0.1, -0.05) is 11.6 Å². The number of nitrogen functional groups attached to an aromatic ring is 1. The molecular weight excluding hydrogens is 473 g/mol. The number of carbonyl (C=O) groups is 1. The van der Waals surface area contributed by atoms with Crippen LogP contribution in [0, 0.1) is 13.8 Å². The number of benzene rings is 1. The summed E-state index contributed by atoms with van der Waals surface area (Å²) in [5, 5.41) is 5.98. The van der Waals surface area contributed by atoms with Crippen molar-refractivity contribution in [2.45, 2.75) is 57.9 Å². The molecular formula is C23H24ClF3N4O3. The Morgan fingerprint density at radius 3 is 2.59 bits per heavy atom. The maximum Gasteiger partial charge on any atom is 0.490 e. The first kappa shape index (κ1) is 24.1. The summed E-state index contributed by atoms with van der Waals surface area (Å²) >= 11 is 6.58. The number of halogens is 4. The van der Waals surface area contributed by atoms with Gasteiger partial charge in [-0.3, -0.25) is 9.67 Å². The molecule has 34 heavy (non-hydrogen) atoms. The molecule has 4 rings (SSSR count). The molecule has 1 atom stereocenters. The molecule has 182 valence electrons. The lowest BCUT2D eigenvalue weighted by molar-refractivity contribution is -0.208. The molecule has 0 radical (unpaired) electrons. The highest BCUT2D eigenvalue weighted by molar-refractivity contribution is 6.31. The van der Waals surface area contributed by atoms with E-state index in [1.807, 2.05) is 26.8 Å². The van der Waals surface area contributed by atoms with E-state index in [1.54, 1.807) is 17.1 Å². The van der Waals surface area contributed by atoms with Crippen LogP contribution in [0.3, 0.4) is 0 Å². The van der Waals surface area contributed by atoms with Crippen LogP contribution in [0.1, 0.15) is 54.1 Å². The van der Waals surface area contributed by atoms with Crippen LogP contribution in [-0.2, 0) is 9.53 Å². The molecule has 1 unspecified atom stereocenters. The van der Waals surface area contributed by atoms with E-state index in [1.165, 1.54) is 7.11 Å². The topological polar surface area (TPSA) is 92.3 Å². The Bertz CT molecular complexity index is 1270. The zero-order valence-corrected chi connectivity index (χ0v) is 19.8. The SMILES string of the molecule is COc1c(C(C)n2nc(C)c3c(N)cncc32)cc(Cl)c(C)c1C1CC(OC(=O)C(F)(F)F)C1. The largest absolute Gasteiger partial charge is 0.496 e. The number of carbonyl (C=O) groups excluding carboxylic acids is 1. The van der Waals surface area contributed by atoms with E-state index >= 15 is 0 Å². The number of ether oxygens (including phenoxy) is 2. The first-order valence-electron chi connectivity index (χ1n) is 10.7. The van der Waals surface area contributed by atoms with Gasteiger partial charge in [0.2, 0.25) is 0 Å². The van der Waals surface area contributed by atoms with Crippen LogP contribution in [0.5, 0.6) is 5.75 Å². The van der Waals surface area contributed by atoms with Crippen LogP contribution in [0.4, 0.5) is 18.9 Å². The van der Waals surface area contributed by atoms with Crippen molar-refractivity contribution >= 4 is 34.2 Å². The van der Waals surface area contributed by atoms with Gasteiger partial charge in [0.15, 0.2) is 0 Å². The Balaban J connectivity index is 1.70. The molecule has 1 aromatic carbocycles. The standard InChI is InChI=1S/C23H24ClF3N4O3/c1-10-16(24)7-15(12(3)31-18-9-29-8-17(28)20(18)11(2)30-31)21(33-4)19(10)13-5-14(6-13)34-22(32)23(25,26)27/h7-9,12-14H,5-6,28H2,1-4H3. The number of anilines is 1. The molecule has 3 aromatic rings. The van der Waals surface area contributed by atoms with Crippen LogP contribution >= 0.6 is 11.6 Å². The number of aromatic nitrogens is 3. The third kappa shape index (κ3) is 4.04. The minimum absolute atomic E-state index is 0.168. The molecule has 1 aliphatic rings. The van der Waals surface area contributed by atoms with Crippen molar-refractivity contribution in [2.24, 2.45) is 0 Å². The van der Waals surface area contributed by atoms with Gasteiger partial charge in [-0.05, 0) is 51.2 Å². The molecule has 0 spiro atoms. The second-order valence-corrected chi connectivity index (χ2v) is 8.95. The van der Waals surface area contributed by atoms with Gasteiger partial charge >= 0.3 is 12.1 Å². The fraction of sp³-hybridized carbons (Fsp3) is 0.435. The van der Waals surface area contributed by atoms with E-state index in [-0.39, 0.29) is 24.8 Å². The molecule has 0 amide bonds. The summed E-state index contributed by atoms with van der Waals surface area (Å²) in [4.78, 5) is 15.4. The Morgan fingerprint density at radius 2 is 1.97 bits per heavy atom. The fourth-order valence-electron chi connectivity index (χ4n) is 4.64. The number of fused-ring (bicyclic) bond motifs is 1. The molecule has 1 saturated carbocycles. The summed E-state index contributed by atoms with van der Waals surface area (Å²) in [6, 6.07) is 1.50. The lowest BCUT2D eigenvalue weighted by Gasteiger charge is -2.37. The Hall–Kier alpha value is -3.01. The van der Waals surface area contributed by atoms with Crippen LogP contribution in [0.15, 0.2) is 18.5 Å². The van der Waals surface area contributed by atoms with Gasteiger partial charge in [0, 0.05) is 21.5 Å². The van der Waals surface area contributed by atoms with Crippen molar-refractivity contribution in [3.63, 3.8) is 0 Å². The maximum atomic E-state index is 12.5. The first-order chi connectivity index (χ1) is 15.9. The van der Waals surface area contributed by atoms with Crippen molar-refractivity contribution in [3.8, 4) is 5.75 Å². The molecule has 1 fully saturated rings. The van der Waals surface area contributed by atoms with Crippen molar-refractivity contribution < 1.29 is 27.4 Å². The van der Waals surface area contributed by atoms with Gasteiger partial charge in [0.1, 0.15) is 11.9 Å². The number of esters is 1. The van der Waals surface area contributed by atoms with E-state index in [4.69, 9.17) is 22.1 Å². The van der Waals surface area contributed by atoms with Gasteiger partial charge in [0.05, 0.1) is 42.4 Å². The summed E-state index contributed by atoms with van der Waals surface area (Å²) in [5.41, 5.74) is 10.5. The van der Waals surface area contributed by atoms with E-state index in [0.717, 1.165) is 33.3 Å². The number of methoxy groups -OCH3 is 1. The van der Waals surface area contributed by atoms with Crippen molar-refractivity contribution in [1.29, 1.82) is 0 Å². The summed E-state index contributed by atoms with van der Waals surface area (Å²) in [5.74, 6) is -1.76. The van der Waals surface area contributed by atoms with E-state index in [0.29, 0.717) is 16.5 Å². The summed E-state index contributed by atoms with van der Waals surface area (Å²) in [6.07, 6.45) is -2.06. The summed E-state index contributed by atoms with van der Waals surface area (Å²) < 4.78 is 49.8. The summed E-state index contributed by atoms with van der Waals surface area (Å²) in [6.45, 7) is 5.64. The third-order valence-corrected chi connectivity index (χ3v) is 6.79. The van der Waals surface area contributed by atoms with Crippen molar-refractivity contribution in [2.75, 3.05) is 12.8 Å². The average molecular weight is 497 g/mol. The van der Waals surface area contributed by atoms with Crippen LogP contribution in [0.2, 0.25) is 5.02 Å². The lowest BCUT2D eigenvalue weighted by Crippen LogP contribution is -2.37. The van der Waals surface area contributed by atoms with Gasteiger partial charge < -0.3 is 15.2 Å². The molecule has 0 aliphatic heterocycles. The van der Waals surface area contributed by atoms with Crippen molar-refractivity contribution in [3.05, 3.63) is 45.9 Å². The number of pyridine rings is 1. The monoisotopic (exact) mass is 496 g/mol. The van der Waals surface area contributed by atoms with Crippen LogP contribution in [0.25, 0.3) is 10.9 Å². The molecule has 1 aliphatic carbocycles. The second-order valence-electron chi connectivity index (χ2n) is 8.54. The molecule has 7 nitrogen and oxygen atoms in total. The number of aryl methyl sites for hydroxylation is 1. The number of nitrogens with zero attached hydrogens (tertiary/aromatic N) is 3.